The number of aromatic amines is 1. The summed E-state index contributed by atoms with van der Waals surface area (Å²) in [4.78, 5) is 6.47. The number of fused-ring (bicyclic) bond motifs is 1. The van der Waals surface area contributed by atoms with Crippen molar-refractivity contribution in [2.75, 3.05) is 13.1 Å². The van der Waals surface area contributed by atoms with Gasteiger partial charge in [-0.05, 0) is 19.1 Å². The first-order valence-corrected chi connectivity index (χ1v) is 7.79. The predicted molar refractivity (Wildman–Crippen MR) is 83.6 cm³/mol. The Hall–Kier alpha value is -2.25. The van der Waals surface area contributed by atoms with Crippen molar-refractivity contribution in [3.05, 3.63) is 41.5 Å². The van der Waals surface area contributed by atoms with Gasteiger partial charge < -0.3 is 9.63 Å². The number of likely N-dealkylation sites (tertiary alicyclic amines) is 1. The van der Waals surface area contributed by atoms with Gasteiger partial charge in [0.25, 0.3) is 0 Å². The van der Waals surface area contributed by atoms with Crippen molar-refractivity contribution in [1.82, 2.24) is 25.2 Å². The van der Waals surface area contributed by atoms with Gasteiger partial charge in [0, 0.05) is 49.6 Å². The van der Waals surface area contributed by atoms with Crippen LogP contribution in [0.15, 0.2) is 28.9 Å². The van der Waals surface area contributed by atoms with Gasteiger partial charge in [0.1, 0.15) is 5.76 Å². The van der Waals surface area contributed by atoms with E-state index in [4.69, 9.17) is 4.52 Å². The van der Waals surface area contributed by atoms with Crippen molar-refractivity contribution < 1.29 is 9.63 Å². The second kappa shape index (κ2) is 5.75. The molecule has 1 fully saturated rings. The SMILES string of the molecule is Cc1cc(C[C@@H]2CN(Cc3[nH]nc4ncccc34)C[C@H]2O)on1. The molecule has 23 heavy (non-hydrogen) atoms. The first-order chi connectivity index (χ1) is 11.2. The molecule has 4 rings (SSSR count). The number of rotatable bonds is 4. The Morgan fingerprint density at radius 1 is 1.43 bits per heavy atom. The number of aromatic nitrogens is 4. The van der Waals surface area contributed by atoms with Crippen LogP contribution in [0.2, 0.25) is 0 Å². The monoisotopic (exact) mass is 313 g/mol. The number of aliphatic hydroxyl groups excluding tert-OH is 1. The molecule has 2 atom stereocenters. The number of nitrogens with zero attached hydrogens (tertiary/aromatic N) is 4. The van der Waals surface area contributed by atoms with E-state index in [1.807, 2.05) is 25.1 Å². The molecule has 4 heterocycles. The van der Waals surface area contributed by atoms with Crippen LogP contribution in [0, 0.1) is 12.8 Å². The van der Waals surface area contributed by atoms with Gasteiger partial charge in [0.15, 0.2) is 5.65 Å². The van der Waals surface area contributed by atoms with Gasteiger partial charge in [-0.3, -0.25) is 10.00 Å². The lowest BCUT2D eigenvalue weighted by Crippen LogP contribution is -2.21. The molecule has 0 bridgehead atoms. The first kappa shape index (κ1) is 14.3. The van der Waals surface area contributed by atoms with E-state index in [9.17, 15) is 5.11 Å². The number of β-amino-alcohol motifs (C(OH)–C–C–N with tert-alkyl or cyclic N) is 1. The maximum Gasteiger partial charge on any atom is 0.181 e. The molecule has 7 nitrogen and oxygen atoms in total. The van der Waals surface area contributed by atoms with Crippen LogP contribution in [-0.2, 0) is 13.0 Å². The molecule has 0 aliphatic carbocycles. The molecule has 0 radical (unpaired) electrons. The minimum Gasteiger partial charge on any atom is -0.391 e. The fraction of sp³-hybridized carbons (Fsp3) is 0.438. The summed E-state index contributed by atoms with van der Waals surface area (Å²) in [5, 5.41) is 22.6. The van der Waals surface area contributed by atoms with Crippen LogP contribution >= 0.6 is 0 Å². The highest BCUT2D eigenvalue weighted by Gasteiger charge is 2.32. The lowest BCUT2D eigenvalue weighted by atomic mass is 10.0. The van der Waals surface area contributed by atoms with Crippen molar-refractivity contribution >= 4 is 11.0 Å². The third-order valence-corrected chi connectivity index (χ3v) is 4.41. The Kier molecular flexibility index (Phi) is 3.59. The Labute approximate surface area is 133 Å². The molecule has 1 aliphatic heterocycles. The topological polar surface area (TPSA) is 91.1 Å². The van der Waals surface area contributed by atoms with E-state index in [-0.39, 0.29) is 12.0 Å². The van der Waals surface area contributed by atoms with E-state index in [1.54, 1.807) is 6.20 Å². The molecule has 1 saturated heterocycles. The standard InChI is InChI=1S/C16H19N5O2/c1-10-5-12(23-20-10)6-11-7-21(9-15(11)22)8-14-13-3-2-4-17-16(13)19-18-14/h2-5,11,15,22H,6-9H2,1H3,(H,17,18,19)/t11-,15-/m1/s1. The van der Waals surface area contributed by atoms with E-state index in [0.717, 1.165) is 41.3 Å². The highest BCUT2D eigenvalue weighted by Crippen LogP contribution is 2.24. The van der Waals surface area contributed by atoms with Gasteiger partial charge in [-0.15, -0.1) is 0 Å². The fourth-order valence-electron chi connectivity index (χ4n) is 3.29. The van der Waals surface area contributed by atoms with Gasteiger partial charge >= 0.3 is 0 Å². The van der Waals surface area contributed by atoms with E-state index >= 15 is 0 Å². The van der Waals surface area contributed by atoms with Gasteiger partial charge in [0.2, 0.25) is 0 Å². The second-order valence-electron chi connectivity index (χ2n) is 6.24. The summed E-state index contributed by atoms with van der Waals surface area (Å²) in [6.07, 6.45) is 2.10. The summed E-state index contributed by atoms with van der Waals surface area (Å²) in [5.74, 6) is 0.999. The number of pyridine rings is 1. The lowest BCUT2D eigenvalue weighted by molar-refractivity contribution is 0.137. The zero-order valence-electron chi connectivity index (χ0n) is 12.9. The van der Waals surface area contributed by atoms with Crippen LogP contribution < -0.4 is 0 Å². The summed E-state index contributed by atoms with van der Waals surface area (Å²) in [5.41, 5.74) is 2.65. The Morgan fingerprint density at radius 3 is 3.17 bits per heavy atom. The van der Waals surface area contributed by atoms with Crippen molar-refractivity contribution in [3.8, 4) is 0 Å². The number of hydrogen-bond donors (Lipinski definition) is 2. The Morgan fingerprint density at radius 2 is 2.35 bits per heavy atom. The van der Waals surface area contributed by atoms with Crippen LogP contribution in [0.1, 0.15) is 17.1 Å². The first-order valence-electron chi connectivity index (χ1n) is 7.79. The summed E-state index contributed by atoms with van der Waals surface area (Å²) in [6, 6.07) is 5.86. The zero-order chi connectivity index (χ0) is 15.8. The average molecular weight is 313 g/mol. The number of aliphatic hydroxyl groups is 1. The quantitative estimate of drug-likeness (QED) is 0.754. The van der Waals surface area contributed by atoms with E-state index in [1.165, 1.54) is 0 Å². The van der Waals surface area contributed by atoms with E-state index < -0.39 is 0 Å². The summed E-state index contributed by atoms with van der Waals surface area (Å²) < 4.78 is 5.27. The molecule has 2 N–H and O–H groups in total. The molecule has 0 spiro atoms. The van der Waals surface area contributed by atoms with Gasteiger partial charge in [-0.25, -0.2) is 4.98 Å². The average Bonchev–Trinajstić information content (AvgIpc) is 3.22. The van der Waals surface area contributed by atoms with Crippen molar-refractivity contribution in [2.45, 2.75) is 26.0 Å². The van der Waals surface area contributed by atoms with Crippen molar-refractivity contribution in [2.24, 2.45) is 5.92 Å². The molecule has 1 aliphatic rings. The van der Waals surface area contributed by atoms with Crippen molar-refractivity contribution in [1.29, 1.82) is 0 Å². The van der Waals surface area contributed by atoms with Crippen LogP contribution in [0.25, 0.3) is 11.0 Å². The molecule has 0 aromatic carbocycles. The number of hydrogen-bond acceptors (Lipinski definition) is 6. The number of H-pyrrole nitrogens is 1. The molecule has 120 valence electrons. The molecular formula is C16H19N5O2. The molecule has 0 unspecified atom stereocenters. The molecule has 7 heteroatoms. The smallest absolute Gasteiger partial charge is 0.181 e. The molecule has 3 aromatic heterocycles. The summed E-state index contributed by atoms with van der Waals surface area (Å²) in [7, 11) is 0. The lowest BCUT2D eigenvalue weighted by Gasteiger charge is -2.14. The zero-order valence-corrected chi connectivity index (χ0v) is 12.9. The minimum absolute atomic E-state index is 0.162. The normalized spacial score (nSPS) is 22.2. The maximum absolute atomic E-state index is 10.3. The third-order valence-electron chi connectivity index (χ3n) is 4.41. The van der Waals surface area contributed by atoms with Crippen LogP contribution in [-0.4, -0.2) is 49.5 Å². The summed E-state index contributed by atoms with van der Waals surface area (Å²) >= 11 is 0. The highest BCUT2D eigenvalue weighted by atomic mass is 16.5. The molecule has 3 aromatic rings. The minimum atomic E-state index is -0.354. The second-order valence-corrected chi connectivity index (χ2v) is 6.24. The largest absolute Gasteiger partial charge is 0.391 e. The maximum atomic E-state index is 10.3. The molecular weight excluding hydrogens is 294 g/mol. The van der Waals surface area contributed by atoms with E-state index in [0.29, 0.717) is 13.0 Å². The number of aryl methyl sites for hydroxylation is 1. The van der Waals surface area contributed by atoms with Crippen LogP contribution in [0.4, 0.5) is 0 Å². The third kappa shape index (κ3) is 2.85. The Bertz CT molecular complexity index is 812. The Balaban J connectivity index is 1.45. The highest BCUT2D eigenvalue weighted by molar-refractivity contribution is 5.77. The molecule has 0 saturated carbocycles. The van der Waals surface area contributed by atoms with E-state index in [2.05, 4.69) is 25.2 Å². The van der Waals surface area contributed by atoms with Gasteiger partial charge in [0.05, 0.1) is 17.5 Å². The summed E-state index contributed by atoms with van der Waals surface area (Å²) in [6.45, 7) is 4.10. The predicted octanol–water partition coefficient (Wildman–Crippen LogP) is 1.29. The van der Waals surface area contributed by atoms with Crippen LogP contribution in [0.5, 0.6) is 0 Å². The van der Waals surface area contributed by atoms with Gasteiger partial charge in [-0.2, -0.15) is 5.10 Å². The molecule has 0 amide bonds. The van der Waals surface area contributed by atoms with Crippen molar-refractivity contribution in [3.63, 3.8) is 0 Å². The fourth-order valence-corrected chi connectivity index (χ4v) is 3.29. The van der Waals surface area contributed by atoms with Gasteiger partial charge in [-0.1, -0.05) is 5.16 Å². The number of nitrogens with one attached hydrogen (secondary N) is 1. The van der Waals surface area contributed by atoms with Crippen LogP contribution in [0.3, 0.4) is 0 Å².